The number of carbonyl (C=O) groups is 1. The Kier molecular flexibility index (Phi) is 5.00. The van der Waals surface area contributed by atoms with Crippen LogP contribution in [-0.2, 0) is 4.74 Å². The topological polar surface area (TPSA) is 38.3 Å². The quantitative estimate of drug-likeness (QED) is 0.618. The molecule has 2 rings (SSSR count). The Morgan fingerprint density at radius 2 is 1.90 bits per heavy atom. The van der Waals surface area contributed by atoms with E-state index < -0.39 is 23.4 Å². The Bertz CT molecular complexity index is 466. The number of nitrogens with one attached hydrogen (secondary N) is 1. The molecule has 1 amide bonds. The van der Waals surface area contributed by atoms with Crippen LogP contribution in [0.1, 0.15) is 29.6 Å². The van der Waals surface area contributed by atoms with Gasteiger partial charge in [0, 0.05) is 25.3 Å². The summed E-state index contributed by atoms with van der Waals surface area (Å²) in [6, 6.07) is 1.36. The lowest BCUT2D eigenvalue weighted by Crippen LogP contribution is -2.25. The highest BCUT2D eigenvalue weighted by atomic mass is 19.2. The zero-order valence-corrected chi connectivity index (χ0v) is 10.9. The van der Waals surface area contributed by atoms with E-state index >= 15 is 0 Å². The Morgan fingerprint density at radius 1 is 1.25 bits per heavy atom. The summed E-state index contributed by atoms with van der Waals surface area (Å²) in [4.78, 5) is 11.6. The van der Waals surface area contributed by atoms with Gasteiger partial charge in [-0.3, -0.25) is 4.79 Å². The summed E-state index contributed by atoms with van der Waals surface area (Å²) in [5.74, 6) is -4.26. The van der Waals surface area contributed by atoms with Gasteiger partial charge in [0.1, 0.15) is 0 Å². The van der Waals surface area contributed by atoms with Crippen molar-refractivity contribution < 1.29 is 22.7 Å². The first-order valence-corrected chi connectivity index (χ1v) is 6.58. The van der Waals surface area contributed by atoms with E-state index in [9.17, 15) is 18.0 Å². The Hall–Kier alpha value is -1.56. The predicted molar refractivity (Wildman–Crippen MR) is 66.8 cm³/mol. The molecule has 1 aromatic rings. The fourth-order valence-corrected chi connectivity index (χ4v) is 1.70. The van der Waals surface area contributed by atoms with Gasteiger partial charge in [-0.1, -0.05) is 0 Å². The van der Waals surface area contributed by atoms with Crippen LogP contribution in [0, 0.1) is 23.4 Å². The molecule has 0 atom stereocenters. The van der Waals surface area contributed by atoms with Crippen molar-refractivity contribution in [1.29, 1.82) is 0 Å². The van der Waals surface area contributed by atoms with Gasteiger partial charge in [0.15, 0.2) is 17.5 Å². The fourth-order valence-electron chi connectivity index (χ4n) is 1.70. The van der Waals surface area contributed by atoms with Crippen LogP contribution < -0.4 is 5.32 Å². The van der Waals surface area contributed by atoms with Crippen LogP contribution in [0.4, 0.5) is 13.2 Å². The summed E-state index contributed by atoms with van der Waals surface area (Å²) in [6.07, 6.45) is 3.06. The molecule has 1 fully saturated rings. The molecule has 0 heterocycles. The number of ether oxygens (including phenoxy) is 1. The molecule has 1 N–H and O–H groups in total. The molecule has 6 heteroatoms. The highest BCUT2D eigenvalue weighted by molar-refractivity contribution is 5.94. The minimum Gasteiger partial charge on any atom is -0.381 e. The minimum absolute atomic E-state index is 0.236. The molecule has 20 heavy (non-hydrogen) atoms. The lowest BCUT2D eigenvalue weighted by Gasteiger charge is -2.06. The van der Waals surface area contributed by atoms with Crippen LogP contribution in [-0.4, -0.2) is 25.7 Å². The lowest BCUT2D eigenvalue weighted by molar-refractivity contribution is 0.0936. The molecule has 0 radical (unpaired) electrons. The largest absolute Gasteiger partial charge is 0.381 e. The predicted octanol–water partition coefficient (Wildman–Crippen LogP) is 2.65. The van der Waals surface area contributed by atoms with E-state index in [0.29, 0.717) is 37.6 Å². The number of carbonyl (C=O) groups excluding carboxylic acids is 1. The number of hydrogen-bond acceptors (Lipinski definition) is 2. The zero-order valence-electron chi connectivity index (χ0n) is 10.9. The molecular formula is C14H16F3NO2. The maximum Gasteiger partial charge on any atom is 0.251 e. The third kappa shape index (κ3) is 4.23. The third-order valence-electron chi connectivity index (χ3n) is 3.05. The number of benzene rings is 1. The first-order valence-electron chi connectivity index (χ1n) is 6.58. The molecular weight excluding hydrogens is 271 g/mol. The summed E-state index contributed by atoms with van der Waals surface area (Å²) < 4.78 is 44.0. The van der Waals surface area contributed by atoms with Crippen molar-refractivity contribution in [2.45, 2.75) is 19.3 Å². The molecule has 0 spiro atoms. The zero-order chi connectivity index (χ0) is 14.5. The van der Waals surface area contributed by atoms with Gasteiger partial charge in [-0.25, -0.2) is 13.2 Å². The van der Waals surface area contributed by atoms with Gasteiger partial charge in [0.2, 0.25) is 0 Å². The molecule has 0 aromatic heterocycles. The van der Waals surface area contributed by atoms with E-state index in [1.165, 1.54) is 12.8 Å². The summed E-state index contributed by atoms with van der Waals surface area (Å²) >= 11 is 0. The number of amides is 1. The summed E-state index contributed by atoms with van der Waals surface area (Å²) in [6.45, 7) is 1.62. The molecule has 0 aliphatic heterocycles. The second kappa shape index (κ2) is 6.74. The maximum atomic E-state index is 13.0. The molecule has 0 unspecified atom stereocenters. The molecule has 1 aromatic carbocycles. The average molecular weight is 287 g/mol. The van der Waals surface area contributed by atoms with E-state index in [1.54, 1.807) is 0 Å². The smallest absolute Gasteiger partial charge is 0.251 e. The maximum absolute atomic E-state index is 13.0. The number of hydrogen-bond donors (Lipinski definition) is 1. The summed E-state index contributed by atoms with van der Waals surface area (Å²) in [5.41, 5.74) is -0.236. The van der Waals surface area contributed by atoms with Crippen LogP contribution in [0.15, 0.2) is 12.1 Å². The van der Waals surface area contributed by atoms with Crippen molar-refractivity contribution in [1.82, 2.24) is 5.32 Å². The van der Waals surface area contributed by atoms with Crippen LogP contribution in [0.5, 0.6) is 0 Å². The van der Waals surface area contributed by atoms with E-state index in [1.807, 2.05) is 0 Å². The van der Waals surface area contributed by atoms with Crippen LogP contribution >= 0.6 is 0 Å². The summed E-state index contributed by atoms with van der Waals surface area (Å²) in [7, 11) is 0. The first-order chi connectivity index (χ1) is 9.58. The second-order valence-electron chi connectivity index (χ2n) is 4.88. The van der Waals surface area contributed by atoms with Gasteiger partial charge >= 0.3 is 0 Å². The molecule has 1 saturated carbocycles. The number of rotatable bonds is 7. The van der Waals surface area contributed by atoms with Crippen molar-refractivity contribution in [3.8, 4) is 0 Å². The summed E-state index contributed by atoms with van der Waals surface area (Å²) in [5, 5.41) is 2.50. The Labute approximate surface area is 115 Å². The van der Waals surface area contributed by atoms with Crippen LogP contribution in [0.3, 0.4) is 0 Å². The molecule has 1 aliphatic rings. The third-order valence-corrected chi connectivity index (χ3v) is 3.05. The second-order valence-corrected chi connectivity index (χ2v) is 4.88. The highest BCUT2D eigenvalue weighted by Crippen LogP contribution is 2.28. The standard InChI is InChI=1S/C14H16F3NO2/c15-11-6-10(7-12(16)13(11)17)14(19)18-4-1-5-20-8-9-2-3-9/h6-7,9H,1-5,8H2,(H,18,19). The Morgan fingerprint density at radius 3 is 2.50 bits per heavy atom. The monoisotopic (exact) mass is 287 g/mol. The van der Waals surface area contributed by atoms with Gasteiger partial charge in [0.25, 0.3) is 5.91 Å². The SMILES string of the molecule is O=C(NCCCOCC1CC1)c1cc(F)c(F)c(F)c1. The molecule has 1 aliphatic carbocycles. The van der Waals surface area contributed by atoms with Crippen molar-refractivity contribution in [3.63, 3.8) is 0 Å². The number of halogens is 3. The van der Waals surface area contributed by atoms with E-state index in [4.69, 9.17) is 4.74 Å². The van der Waals surface area contributed by atoms with Crippen molar-refractivity contribution in [3.05, 3.63) is 35.1 Å². The van der Waals surface area contributed by atoms with Crippen LogP contribution in [0.2, 0.25) is 0 Å². The molecule has 0 saturated heterocycles. The fraction of sp³-hybridized carbons (Fsp3) is 0.500. The highest BCUT2D eigenvalue weighted by Gasteiger charge is 2.20. The van der Waals surface area contributed by atoms with E-state index in [2.05, 4.69) is 5.32 Å². The minimum atomic E-state index is -1.57. The molecule has 110 valence electrons. The van der Waals surface area contributed by atoms with Crippen molar-refractivity contribution >= 4 is 5.91 Å². The lowest BCUT2D eigenvalue weighted by atomic mass is 10.2. The average Bonchev–Trinajstić information content (AvgIpc) is 3.23. The van der Waals surface area contributed by atoms with E-state index in [-0.39, 0.29) is 5.56 Å². The normalized spacial score (nSPS) is 14.3. The van der Waals surface area contributed by atoms with Gasteiger partial charge in [0.05, 0.1) is 0 Å². The first kappa shape index (κ1) is 14.8. The van der Waals surface area contributed by atoms with Gasteiger partial charge in [-0.15, -0.1) is 0 Å². The van der Waals surface area contributed by atoms with Gasteiger partial charge in [-0.2, -0.15) is 0 Å². The van der Waals surface area contributed by atoms with Crippen molar-refractivity contribution in [2.24, 2.45) is 5.92 Å². The van der Waals surface area contributed by atoms with E-state index in [0.717, 1.165) is 6.61 Å². The van der Waals surface area contributed by atoms with Gasteiger partial charge in [-0.05, 0) is 37.3 Å². The Balaban J connectivity index is 1.71. The molecule has 0 bridgehead atoms. The molecule has 3 nitrogen and oxygen atoms in total. The van der Waals surface area contributed by atoms with Crippen LogP contribution in [0.25, 0.3) is 0 Å². The van der Waals surface area contributed by atoms with Gasteiger partial charge < -0.3 is 10.1 Å². The van der Waals surface area contributed by atoms with Crippen molar-refractivity contribution in [2.75, 3.05) is 19.8 Å².